The summed E-state index contributed by atoms with van der Waals surface area (Å²) in [5.74, 6) is 0.0623. The summed E-state index contributed by atoms with van der Waals surface area (Å²) in [5.41, 5.74) is 0.537. The van der Waals surface area contributed by atoms with Crippen LogP contribution in [0.15, 0.2) is 46.2 Å². The van der Waals surface area contributed by atoms with Crippen LogP contribution in [0.3, 0.4) is 0 Å². The number of sulfonamides is 2. The zero-order valence-electron chi connectivity index (χ0n) is 35.7. The molecular weight excluding hydrogens is 745 g/mol. The molecule has 0 bridgehead atoms. The number of carbonyl (C=O) groups is 2. The lowest BCUT2D eigenvalue weighted by molar-refractivity contribution is 0.0978. The quantitative estimate of drug-likeness (QED) is 0.164. The van der Waals surface area contributed by atoms with Gasteiger partial charge in [0.2, 0.25) is 20.0 Å². The van der Waals surface area contributed by atoms with E-state index in [1.165, 1.54) is 36.4 Å². The van der Waals surface area contributed by atoms with E-state index in [1.54, 1.807) is 8.61 Å². The molecule has 0 atom stereocenters. The van der Waals surface area contributed by atoms with Crippen molar-refractivity contribution in [3.8, 4) is 0 Å². The van der Waals surface area contributed by atoms with Crippen molar-refractivity contribution in [2.45, 2.75) is 128 Å². The van der Waals surface area contributed by atoms with Gasteiger partial charge in [-0.2, -0.15) is 8.61 Å². The highest BCUT2D eigenvalue weighted by atomic mass is 32.2. The third kappa shape index (κ3) is 9.85. The van der Waals surface area contributed by atoms with Crippen molar-refractivity contribution < 1.29 is 26.4 Å². The van der Waals surface area contributed by atoms with Gasteiger partial charge in [0.25, 0.3) is 0 Å². The molecule has 0 aromatic heterocycles. The minimum atomic E-state index is -4.04. The van der Waals surface area contributed by atoms with E-state index in [-0.39, 0.29) is 55.0 Å². The van der Waals surface area contributed by atoms with E-state index in [2.05, 4.69) is 41.5 Å². The van der Waals surface area contributed by atoms with Crippen LogP contribution in [0.5, 0.6) is 0 Å². The number of hydrogen-bond acceptors (Lipinski definition) is 8. The van der Waals surface area contributed by atoms with Gasteiger partial charge in [0.15, 0.2) is 11.6 Å². The Hall–Kier alpha value is -2.48. The third-order valence-electron chi connectivity index (χ3n) is 12.8. The Kier molecular flexibility index (Phi) is 13.9. The van der Waals surface area contributed by atoms with Crippen LogP contribution in [-0.2, 0) is 20.0 Å². The summed E-state index contributed by atoms with van der Waals surface area (Å²) >= 11 is 0. The first kappa shape index (κ1) is 44.6. The van der Waals surface area contributed by atoms with Crippen LogP contribution in [0.4, 0.5) is 0 Å². The molecule has 312 valence electrons. The van der Waals surface area contributed by atoms with E-state index in [0.29, 0.717) is 37.8 Å². The molecule has 56 heavy (non-hydrogen) atoms. The molecule has 2 aromatic rings. The summed E-state index contributed by atoms with van der Waals surface area (Å²) in [6, 6.07) is 8.16. The van der Waals surface area contributed by atoms with Gasteiger partial charge in [-0.15, -0.1) is 0 Å². The molecule has 3 aliphatic rings. The van der Waals surface area contributed by atoms with Gasteiger partial charge in [0.05, 0.1) is 9.79 Å². The Bertz CT molecular complexity index is 1810. The molecule has 0 radical (unpaired) electrons. The Morgan fingerprint density at radius 3 is 1.12 bits per heavy atom. The molecule has 0 aliphatic heterocycles. The zero-order valence-corrected chi connectivity index (χ0v) is 37.4. The van der Waals surface area contributed by atoms with Gasteiger partial charge in [-0.1, -0.05) is 41.5 Å². The summed E-state index contributed by atoms with van der Waals surface area (Å²) in [7, 11) is -0.215. The van der Waals surface area contributed by atoms with E-state index in [4.69, 9.17) is 0 Å². The van der Waals surface area contributed by atoms with Crippen molar-refractivity contribution in [3.05, 3.63) is 58.7 Å². The van der Waals surface area contributed by atoms with Crippen LogP contribution >= 0.6 is 0 Å². The molecule has 0 heterocycles. The van der Waals surface area contributed by atoms with E-state index in [9.17, 15) is 26.4 Å². The minimum Gasteiger partial charge on any atom is -0.309 e. The second kappa shape index (κ2) is 17.4. The van der Waals surface area contributed by atoms with E-state index >= 15 is 0 Å². The molecular formula is C44H68N4O6S2. The second-order valence-corrected chi connectivity index (χ2v) is 23.1. The maximum Gasteiger partial charge on any atom is 0.243 e. The van der Waals surface area contributed by atoms with Gasteiger partial charge in [0, 0.05) is 47.4 Å². The molecule has 0 spiro atoms. The summed E-state index contributed by atoms with van der Waals surface area (Å²) in [4.78, 5) is 32.3. The summed E-state index contributed by atoms with van der Waals surface area (Å²) < 4.78 is 61.5. The maximum atomic E-state index is 14.5. The highest BCUT2D eigenvalue weighted by molar-refractivity contribution is 7.89. The Morgan fingerprint density at radius 2 is 0.821 bits per heavy atom. The van der Waals surface area contributed by atoms with Gasteiger partial charge in [0.1, 0.15) is 0 Å². The van der Waals surface area contributed by atoms with Crippen LogP contribution in [0, 0.1) is 22.7 Å². The summed E-state index contributed by atoms with van der Waals surface area (Å²) in [6.07, 6.45) is 8.14. The lowest BCUT2D eigenvalue weighted by Gasteiger charge is -2.40. The standard InChI is InChI=1S/C44H68N4O6S2/c1-43(2,3)31-13-17-33(18-14-31)47(27-11-25-45(7)8)55(51,52)35-21-23-37-39(29-35)42(50)40-30-36(22-24-38(40)41(37)49)56(53,54)48(28-12-26-46(9)10)34-19-15-32(16-20-34)44(4,5)6/h21-24,29-34H,11-20,25-28H2,1-10H3. The van der Waals surface area contributed by atoms with Crippen molar-refractivity contribution in [2.24, 2.45) is 22.7 Å². The summed E-state index contributed by atoms with van der Waals surface area (Å²) in [5, 5.41) is 0. The van der Waals surface area contributed by atoms with Gasteiger partial charge in [-0.25, -0.2) is 16.8 Å². The second-order valence-electron chi connectivity index (χ2n) is 19.4. The predicted octanol–water partition coefficient (Wildman–Crippen LogP) is 7.56. The molecule has 0 N–H and O–H groups in total. The van der Waals surface area contributed by atoms with Crippen LogP contribution < -0.4 is 0 Å². The number of benzene rings is 2. The number of fused-ring (bicyclic) bond motifs is 2. The van der Waals surface area contributed by atoms with Crippen molar-refractivity contribution in [2.75, 3.05) is 54.4 Å². The molecule has 10 nitrogen and oxygen atoms in total. The van der Waals surface area contributed by atoms with Gasteiger partial charge in [-0.05, 0) is 165 Å². The first-order chi connectivity index (χ1) is 26.0. The highest BCUT2D eigenvalue weighted by Crippen LogP contribution is 2.42. The largest absolute Gasteiger partial charge is 0.309 e. The first-order valence-electron chi connectivity index (χ1n) is 20.7. The smallest absolute Gasteiger partial charge is 0.243 e. The van der Waals surface area contributed by atoms with Crippen molar-refractivity contribution >= 4 is 31.6 Å². The van der Waals surface area contributed by atoms with E-state index < -0.39 is 31.6 Å². The Morgan fingerprint density at radius 1 is 0.500 bits per heavy atom. The number of nitrogens with zero attached hydrogens (tertiary/aromatic N) is 4. The lowest BCUT2D eigenvalue weighted by Crippen LogP contribution is -2.44. The van der Waals surface area contributed by atoms with E-state index in [0.717, 1.165) is 64.5 Å². The van der Waals surface area contributed by atoms with Crippen molar-refractivity contribution in [1.82, 2.24) is 18.4 Å². The topological polar surface area (TPSA) is 115 Å². The normalized spacial score (nSPS) is 22.6. The number of hydrogen-bond donors (Lipinski definition) is 0. The fourth-order valence-electron chi connectivity index (χ4n) is 9.24. The average Bonchev–Trinajstić information content (AvgIpc) is 3.12. The fraction of sp³-hybridized carbons (Fsp3) is 0.682. The number of carbonyl (C=O) groups excluding carboxylic acids is 2. The number of ketones is 2. The monoisotopic (exact) mass is 812 g/mol. The molecule has 0 saturated heterocycles. The molecule has 5 rings (SSSR count). The van der Waals surface area contributed by atoms with Gasteiger partial charge >= 0.3 is 0 Å². The molecule has 2 aromatic carbocycles. The molecule has 0 amide bonds. The highest BCUT2D eigenvalue weighted by Gasteiger charge is 2.40. The lowest BCUT2D eigenvalue weighted by atomic mass is 9.71. The Balaban J connectivity index is 1.46. The minimum absolute atomic E-state index is 0.00820. The van der Waals surface area contributed by atoms with Crippen molar-refractivity contribution in [1.29, 1.82) is 0 Å². The van der Waals surface area contributed by atoms with E-state index in [1.807, 2.05) is 38.0 Å². The average molecular weight is 813 g/mol. The molecule has 3 aliphatic carbocycles. The molecule has 2 saturated carbocycles. The SMILES string of the molecule is CN(C)CCCN(C1CCC(C(C)(C)C)CC1)S(=O)(=O)c1ccc2c(c1)C(=O)c1cc(S(=O)(=O)N(CCCN(C)C)C3CCC(C(C)(C)C)CC3)ccc1C2=O. The third-order valence-corrected chi connectivity index (χ3v) is 16.7. The van der Waals surface area contributed by atoms with Gasteiger partial charge in [-0.3, -0.25) is 9.59 Å². The van der Waals surface area contributed by atoms with Crippen LogP contribution in [0.1, 0.15) is 138 Å². The van der Waals surface area contributed by atoms with Crippen LogP contribution in [-0.4, -0.2) is 113 Å². The fourth-order valence-corrected chi connectivity index (χ4v) is 12.7. The number of rotatable bonds is 14. The van der Waals surface area contributed by atoms with Crippen LogP contribution in [0.25, 0.3) is 0 Å². The maximum absolute atomic E-state index is 14.5. The Labute approximate surface area is 338 Å². The first-order valence-corrected chi connectivity index (χ1v) is 23.6. The molecule has 0 unspecified atom stereocenters. The van der Waals surface area contributed by atoms with Crippen molar-refractivity contribution in [3.63, 3.8) is 0 Å². The zero-order chi connectivity index (χ0) is 41.4. The molecule has 12 heteroatoms. The predicted molar refractivity (Wildman–Crippen MR) is 224 cm³/mol. The van der Waals surface area contributed by atoms with Gasteiger partial charge < -0.3 is 9.80 Å². The van der Waals surface area contributed by atoms with Crippen LogP contribution in [0.2, 0.25) is 0 Å². The summed E-state index contributed by atoms with van der Waals surface area (Å²) in [6.45, 7) is 15.6. The molecule has 2 fully saturated rings.